The molecule has 35 heavy (non-hydrogen) atoms. The lowest BCUT2D eigenvalue weighted by atomic mass is 9.94. The molecule has 0 saturated heterocycles. The third-order valence-electron chi connectivity index (χ3n) is 5.15. The number of rotatable bonds is 5. The Morgan fingerprint density at radius 1 is 0.857 bits per heavy atom. The number of halogens is 6. The Morgan fingerprint density at radius 3 is 1.71 bits per heavy atom. The molecular formula is C24H21F6NO4. The SMILES string of the molecule is CC(C)(C)OC(=O)C(Cc1cc(C(F)(F)F)cc(C(F)(F)F)c1)CN1C(=O)c2ccccc2C1=O. The fourth-order valence-electron chi connectivity index (χ4n) is 3.65. The van der Waals surface area contributed by atoms with Crippen LogP contribution in [0.5, 0.6) is 0 Å². The van der Waals surface area contributed by atoms with E-state index in [2.05, 4.69) is 0 Å². The van der Waals surface area contributed by atoms with Crippen LogP contribution in [0.1, 0.15) is 58.2 Å². The Balaban J connectivity index is 2.00. The van der Waals surface area contributed by atoms with E-state index >= 15 is 0 Å². The van der Waals surface area contributed by atoms with Crippen LogP contribution in [0.2, 0.25) is 0 Å². The molecule has 0 N–H and O–H groups in total. The fraction of sp³-hybridized carbons (Fsp3) is 0.375. The summed E-state index contributed by atoms with van der Waals surface area (Å²) in [5.74, 6) is -3.83. The van der Waals surface area contributed by atoms with Gasteiger partial charge in [0, 0.05) is 6.54 Å². The standard InChI is InChI=1S/C24H21F6NO4/c1-22(2,3)35-21(34)14(12-31-19(32)17-6-4-5-7-18(17)20(31)33)8-13-9-15(23(25,26)27)11-16(10-13)24(28,29)30/h4-7,9-11,14H,8,12H2,1-3H3. The van der Waals surface area contributed by atoms with Crippen LogP contribution in [0.4, 0.5) is 26.3 Å². The van der Waals surface area contributed by atoms with Gasteiger partial charge in [0.05, 0.1) is 28.2 Å². The van der Waals surface area contributed by atoms with E-state index in [0.29, 0.717) is 12.1 Å². The van der Waals surface area contributed by atoms with Gasteiger partial charge in [-0.3, -0.25) is 19.3 Å². The van der Waals surface area contributed by atoms with Gasteiger partial charge in [0.25, 0.3) is 11.8 Å². The lowest BCUT2D eigenvalue weighted by Gasteiger charge is -2.26. The van der Waals surface area contributed by atoms with E-state index in [-0.39, 0.29) is 17.2 Å². The smallest absolute Gasteiger partial charge is 0.416 e. The van der Waals surface area contributed by atoms with Crippen LogP contribution in [0, 0.1) is 5.92 Å². The summed E-state index contributed by atoms with van der Waals surface area (Å²) in [6.07, 6.45) is -10.8. The van der Waals surface area contributed by atoms with Gasteiger partial charge in [-0.2, -0.15) is 26.3 Å². The summed E-state index contributed by atoms with van der Waals surface area (Å²) in [6.45, 7) is 3.99. The first-order chi connectivity index (χ1) is 16.0. The van der Waals surface area contributed by atoms with Gasteiger partial charge < -0.3 is 4.74 Å². The number of nitrogens with zero attached hydrogens (tertiary/aromatic N) is 1. The summed E-state index contributed by atoms with van der Waals surface area (Å²) in [5.41, 5.74) is -4.39. The first kappa shape index (κ1) is 26.2. The molecule has 2 amide bonds. The number of hydrogen-bond acceptors (Lipinski definition) is 4. The van der Waals surface area contributed by atoms with Crippen LogP contribution in [0.3, 0.4) is 0 Å². The van der Waals surface area contributed by atoms with Crippen molar-refractivity contribution < 1.29 is 45.5 Å². The molecule has 1 atom stereocenters. The first-order valence-corrected chi connectivity index (χ1v) is 10.4. The maximum atomic E-state index is 13.3. The molecular weight excluding hydrogens is 480 g/mol. The highest BCUT2D eigenvalue weighted by Gasteiger charge is 2.40. The van der Waals surface area contributed by atoms with Crippen LogP contribution >= 0.6 is 0 Å². The number of fused-ring (bicyclic) bond motifs is 1. The lowest BCUT2D eigenvalue weighted by Crippen LogP contribution is -2.40. The number of alkyl halides is 6. The number of amides is 2. The Morgan fingerprint density at radius 2 is 1.31 bits per heavy atom. The molecule has 2 aromatic carbocycles. The van der Waals surface area contributed by atoms with Crippen molar-refractivity contribution in [3.63, 3.8) is 0 Å². The van der Waals surface area contributed by atoms with Gasteiger partial charge in [0.2, 0.25) is 0 Å². The van der Waals surface area contributed by atoms with Crippen molar-refractivity contribution in [2.75, 3.05) is 6.54 Å². The summed E-state index contributed by atoms with van der Waals surface area (Å²) in [7, 11) is 0. The summed E-state index contributed by atoms with van der Waals surface area (Å²) >= 11 is 0. The van der Waals surface area contributed by atoms with Gasteiger partial charge >= 0.3 is 18.3 Å². The largest absolute Gasteiger partial charge is 0.460 e. The van der Waals surface area contributed by atoms with Crippen molar-refractivity contribution >= 4 is 17.8 Å². The van der Waals surface area contributed by atoms with Crippen molar-refractivity contribution in [3.05, 3.63) is 70.3 Å². The third-order valence-corrected chi connectivity index (χ3v) is 5.15. The predicted molar refractivity (Wildman–Crippen MR) is 111 cm³/mol. The van der Waals surface area contributed by atoms with Gasteiger partial charge in [-0.15, -0.1) is 0 Å². The monoisotopic (exact) mass is 501 g/mol. The maximum absolute atomic E-state index is 13.3. The Kier molecular flexibility index (Phi) is 6.75. The van der Waals surface area contributed by atoms with Crippen molar-refractivity contribution in [1.29, 1.82) is 0 Å². The fourth-order valence-corrected chi connectivity index (χ4v) is 3.65. The van der Waals surface area contributed by atoms with Gasteiger partial charge in [0.15, 0.2) is 0 Å². The number of imide groups is 1. The van der Waals surface area contributed by atoms with Crippen molar-refractivity contribution in [2.24, 2.45) is 5.92 Å². The van der Waals surface area contributed by atoms with Gasteiger partial charge in [-0.25, -0.2) is 0 Å². The number of ether oxygens (including phenoxy) is 1. The minimum absolute atomic E-state index is 0.0177. The molecule has 0 bridgehead atoms. The molecule has 1 aliphatic rings. The van der Waals surface area contributed by atoms with Crippen molar-refractivity contribution in [1.82, 2.24) is 4.90 Å². The molecule has 0 spiro atoms. The van der Waals surface area contributed by atoms with E-state index in [1.807, 2.05) is 0 Å². The summed E-state index contributed by atoms with van der Waals surface area (Å²) < 4.78 is 85.0. The van der Waals surface area contributed by atoms with E-state index < -0.39 is 71.3 Å². The number of benzene rings is 2. The second-order valence-corrected chi connectivity index (χ2v) is 9.12. The first-order valence-electron chi connectivity index (χ1n) is 10.4. The van der Waals surface area contributed by atoms with Gasteiger partial charge in [0.1, 0.15) is 5.60 Å². The third kappa shape index (κ3) is 6.01. The number of carbonyl (C=O) groups is 3. The average Bonchev–Trinajstić information content (AvgIpc) is 2.95. The van der Waals surface area contributed by atoms with E-state index in [0.717, 1.165) is 4.90 Å². The normalized spacial score (nSPS) is 15.3. The van der Waals surface area contributed by atoms with Gasteiger partial charge in [-0.1, -0.05) is 12.1 Å². The highest BCUT2D eigenvalue weighted by atomic mass is 19.4. The van der Waals surface area contributed by atoms with E-state index in [4.69, 9.17) is 4.74 Å². The minimum atomic E-state index is -5.07. The van der Waals surface area contributed by atoms with Crippen molar-refractivity contribution in [3.8, 4) is 0 Å². The molecule has 3 rings (SSSR count). The predicted octanol–water partition coefficient (Wildman–Crippen LogP) is 5.52. The van der Waals surface area contributed by atoms with Crippen LogP contribution < -0.4 is 0 Å². The quantitative estimate of drug-likeness (QED) is 0.308. The molecule has 1 unspecified atom stereocenters. The summed E-state index contributed by atoms with van der Waals surface area (Å²) in [6, 6.07) is 6.86. The van der Waals surface area contributed by atoms with Crippen LogP contribution in [-0.4, -0.2) is 34.8 Å². The van der Waals surface area contributed by atoms with Crippen LogP contribution in [0.25, 0.3) is 0 Å². The molecule has 0 radical (unpaired) electrons. The van der Waals surface area contributed by atoms with E-state index in [9.17, 15) is 40.7 Å². The average molecular weight is 501 g/mol. The zero-order chi connectivity index (χ0) is 26.3. The number of hydrogen-bond donors (Lipinski definition) is 0. The number of carbonyl (C=O) groups excluding carboxylic acids is 3. The minimum Gasteiger partial charge on any atom is -0.460 e. The molecule has 1 heterocycles. The summed E-state index contributed by atoms with van der Waals surface area (Å²) in [4.78, 5) is 39.1. The molecule has 188 valence electrons. The topological polar surface area (TPSA) is 63.7 Å². The van der Waals surface area contributed by atoms with E-state index in [1.54, 1.807) is 0 Å². The second-order valence-electron chi connectivity index (χ2n) is 9.12. The molecule has 0 aliphatic carbocycles. The lowest BCUT2D eigenvalue weighted by molar-refractivity contribution is -0.160. The van der Waals surface area contributed by atoms with Crippen LogP contribution in [-0.2, 0) is 28.3 Å². The molecule has 0 saturated carbocycles. The molecule has 1 aliphatic heterocycles. The van der Waals surface area contributed by atoms with Crippen molar-refractivity contribution in [2.45, 2.75) is 45.1 Å². The Hall–Kier alpha value is -3.37. The molecule has 2 aromatic rings. The summed E-state index contributed by atoms with van der Waals surface area (Å²) in [5, 5.41) is 0. The molecule has 5 nitrogen and oxygen atoms in total. The zero-order valence-corrected chi connectivity index (χ0v) is 18.9. The molecule has 0 aromatic heterocycles. The van der Waals surface area contributed by atoms with E-state index in [1.165, 1.54) is 45.0 Å². The zero-order valence-electron chi connectivity index (χ0n) is 18.9. The Labute approximate surface area is 196 Å². The second kappa shape index (κ2) is 9.01. The Bertz CT molecular complexity index is 1100. The van der Waals surface area contributed by atoms with Gasteiger partial charge in [-0.05, 0) is 63.1 Å². The highest BCUT2D eigenvalue weighted by Crippen LogP contribution is 2.37. The van der Waals surface area contributed by atoms with Crippen LogP contribution in [0.15, 0.2) is 42.5 Å². The number of esters is 1. The molecule has 0 fully saturated rings. The molecule has 11 heteroatoms. The maximum Gasteiger partial charge on any atom is 0.416 e. The highest BCUT2D eigenvalue weighted by molar-refractivity contribution is 6.21.